The largest absolute Gasteiger partial charge is 0.298 e. The van der Waals surface area contributed by atoms with E-state index in [9.17, 15) is 4.79 Å². The van der Waals surface area contributed by atoms with Gasteiger partial charge < -0.3 is 0 Å². The van der Waals surface area contributed by atoms with Gasteiger partial charge in [-0.25, -0.2) is 0 Å². The van der Waals surface area contributed by atoms with Crippen LogP contribution in [0.4, 0.5) is 0 Å². The summed E-state index contributed by atoms with van der Waals surface area (Å²) in [5.41, 5.74) is 0.960. The molecule has 0 aliphatic heterocycles. The van der Waals surface area contributed by atoms with Crippen molar-refractivity contribution in [1.29, 1.82) is 0 Å². The summed E-state index contributed by atoms with van der Waals surface area (Å²) < 4.78 is 2.34. The molecule has 0 atom stereocenters. The second kappa shape index (κ2) is 4.16. The van der Waals surface area contributed by atoms with Gasteiger partial charge in [-0.3, -0.25) is 14.6 Å². The minimum atomic E-state index is -0.0414. The van der Waals surface area contributed by atoms with E-state index in [2.05, 4.69) is 55.6 Å². The zero-order valence-electron chi connectivity index (χ0n) is 10.0. The molecule has 0 saturated carbocycles. The zero-order chi connectivity index (χ0) is 11.8. The van der Waals surface area contributed by atoms with Crippen LogP contribution in [-0.4, -0.2) is 9.78 Å². The summed E-state index contributed by atoms with van der Waals surface area (Å²) in [6.45, 7) is 11.2. The van der Waals surface area contributed by atoms with Gasteiger partial charge in [-0.15, -0.1) is 0 Å². The zero-order valence-corrected chi connectivity index (χ0v) is 11.6. The van der Waals surface area contributed by atoms with Crippen molar-refractivity contribution in [3.8, 4) is 0 Å². The van der Waals surface area contributed by atoms with E-state index in [1.807, 2.05) is 0 Å². The van der Waals surface area contributed by atoms with Crippen LogP contribution in [0.15, 0.2) is 9.27 Å². The van der Waals surface area contributed by atoms with Gasteiger partial charge in [-0.05, 0) is 21.8 Å². The van der Waals surface area contributed by atoms with E-state index in [4.69, 9.17) is 0 Å². The van der Waals surface area contributed by atoms with Gasteiger partial charge in [0.05, 0.1) is 5.69 Å². The van der Waals surface area contributed by atoms with Crippen molar-refractivity contribution in [3.05, 3.63) is 20.5 Å². The highest BCUT2D eigenvalue weighted by Gasteiger charge is 2.23. The van der Waals surface area contributed by atoms with Crippen molar-refractivity contribution in [2.24, 2.45) is 5.92 Å². The van der Waals surface area contributed by atoms with Crippen LogP contribution in [0.5, 0.6) is 0 Å². The van der Waals surface area contributed by atoms with Gasteiger partial charge in [-0.1, -0.05) is 34.6 Å². The molecule has 1 N–H and O–H groups in total. The molecular formula is C11H19BrN2O. The Morgan fingerprint density at radius 3 is 2.27 bits per heavy atom. The molecule has 1 heterocycles. The molecule has 4 heteroatoms. The lowest BCUT2D eigenvalue weighted by atomic mass is 9.93. The molecule has 0 saturated heterocycles. The number of aromatic amines is 1. The lowest BCUT2D eigenvalue weighted by Crippen LogP contribution is -2.19. The first-order valence-electron chi connectivity index (χ1n) is 5.22. The van der Waals surface area contributed by atoms with Gasteiger partial charge in [0.1, 0.15) is 4.47 Å². The van der Waals surface area contributed by atoms with Crippen LogP contribution in [0, 0.1) is 5.92 Å². The van der Waals surface area contributed by atoms with Gasteiger partial charge >= 0.3 is 0 Å². The molecule has 0 fully saturated rings. The fourth-order valence-corrected chi connectivity index (χ4v) is 2.35. The number of hydrogen-bond acceptors (Lipinski definition) is 1. The van der Waals surface area contributed by atoms with Crippen molar-refractivity contribution in [3.63, 3.8) is 0 Å². The lowest BCUT2D eigenvalue weighted by molar-refractivity contribution is 0.457. The van der Waals surface area contributed by atoms with Crippen molar-refractivity contribution < 1.29 is 0 Å². The van der Waals surface area contributed by atoms with Crippen LogP contribution in [0.3, 0.4) is 0 Å². The summed E-state index contributed by atoms with van der Waals surface area (Å²) in [4.78, 5) is 11.9. The third-order valence-corrected chi connectivity index (χ3v) is 2.93. The molecule has 0 aliphatic rings. The number of aromatic nitrogens is 2. The minimum Gasteiger partial charge on any atom is -0.298 e. The number of nitrogens with one attached hydrogen (secondary N) is 1. The molecule has 0 aromatic carbocycles. The van der Waals surface area contributed by atoms with Crippen molar-refractivity contribution in [2.75, 3.05) is 0 Å². The maximum atomic E-state index is 11.9. The first-order chi connectivity index (χ1) is 6.73. The molecule has 1 aromatic rings. The molecule has 3 nitrogen and oxygen atoms in total. The van der Waals surface area contributed by atoms with Crippen LogP contribution < -0.4 is 5.56 Å². The second-order valence-corrected chi connectivity index (χ2v) is 6.15. The Kier molecular flexibility index (Phi) is 3.48. The summed E-state index contributed by atoms with van der Waals surface area (Å²) in [5, 5.41) is 3.18. The van der Waals surface area contributed by atoms with E-state index < -0.39 is 0 Å². The third-order valence-electron chi connectivity index (χ3n) is 2.20. The Morgan fingerprint density at radius 1 is 1.40 bits per heavy atom. The molecule has 0 bridgehead atoms. The summed E-state index contributed by atoms with van der Waals surface area (Å²) in [7, 11) is 0. The molecule has 0 amide bonds. The highest BCUT2D eigenvalue weighted by Crippen LogP contribution is 2.25. The van der Waals surface area contributed by atoms with Crippen LogP contribution in [0.1, 0.15) is 40.3 Å². The molecule has 86 valence electrons. The normalized spacial score (nSPS) is 12.5. The fraction of sp³-hybridized carbons (Fsp3) is 0.727. The van der Waals surface area contributed by atoms with Gasteiger partial charge in [-0.2, -0.15) is 0 Å². The predicted octanol–water partition coefficient (Wildman–Crippen LogP) is 2.89. The monoisotopic (exact) mass is 274 g/mol. The predicted molar refractivity (Wildman–Crippen MR) is 66.3 cm³/mol. The van der Waals surface area contributed by atoms with Gasteiger partial charge in [0.2, 0.25) is 0 Å². The van der Waals surface area contributed by atoms with E-state index in [0.29, 0.717) is 10.4 Å². The van der Waals surface area contributed by atoms with Crippen LogP contribution in [-0.2, 0) is 12.0 Å². The van der Waals surface area contributed by atoms with Crippen molar-refractivity contribution in [2.45, 2.75) is 46.6 Å². The standard InChI is InChI=1S/C11H19BrN2O/c1-7(2)6-14-10(15)8(12)9(13-14)11(3,4)5/h7,13H,6H2,1-5H3. The highest BCUT2D eigenvalue weighted by molar-refractivity contribution is 9.10. The molecule has 15 heavy (non-hydrogen) atoms. The summed E-state index contributed by atoms with van der Waals surface area (Å²) in [6.07, 6.45) is 0. The fourth-order valence-electron chi connectivity index (χ4n) is 1.45. The summed E-state index contributed by atoms with van der Waals surface area (Å²) in [5.74, 6) is 0.459. The average Bonchev–Trinajstić information content (AvgIpc) is 2.30. The van der Waals surface area contributed by atoms with Gasteiger partial charge in [0.25, 0.3) is 5.56 Å². The van der Waals surface area contributed by atoms with Gasteiger partial charge in [0, 0.05) is 12.0 Å². The first-order valence-corrected chi connectivity index (χ1v) is 6.01. The Labute approximate surface area is 99.0 Å². The van der Waals surface area contributed by atoms with E-state index in [1.165, 1.54) is 0 Å². The second-order valence-electron chi connectivity index (χ2n) is 5.36. The summed E-state index contributed by atoms with van der Waals surface area (Å²) >= 11 is 3.36. The van der Waals surface area contributed by atoms with Crippen molar-refractivity contribution in [1.82, 2.24) is 9.78 Å². The lowest BCUT2D eigenvalue weighted by Gasteiger charge is -2.16. The number of halogens is 1. The van der Waals surface area contributed by atoms with Gasteiger partial charge in [0.15, 0.2) is 0 Å². The molecule has 1 rings (SSSR count). The number of H-pyrrole nitrogens is 1. The molecule has 1 aromatic heterocycles. The highest BCUT2D eigenvalue weighted by atomic mass is 79.9. The molecule has 0 radical (unpaired) electrons. The maximum Gasteiger partial charge on any atom is 0.281 e. The first kappa shape index (κ1) is 12.6. The molecular weight excluding hydrogens is 256 g/mol. The Morgan fingerprint density at radius 2 is 1.93 bits per heavy atom. The smallest absolute Gasteiger partial charge is 0.281 e. The van der Waals surface area contributed by atoms with Crippen molar-refractivity contribution >= 4 is 15.9 Å². The van der Waals surface area contributed by atoms with Crippen LogP contribution in [0.25, 0.3) is 0 Å². The maximum absolute atomic E-state index is 11.9. The SMILES string of the molecule is CC(C)Cn1[nH]c(C(C)(C)C)c(Br)c1=O. The average molecular weight is 275 g/mol. The van der Waals surface area contributed by atoms with E-state index in [0.717, 1.165) is 12.2 Å². The summed E-state index contributed by atoms with van der Waals surface area (Å²) in [6, 6.07) is 0. The number of hydrogen-bond donors (Lipinski definition) is 1. The third kappa shape index (κ3) is 2.74. The number of rotatable bonds is 2. The number of nitrogens with zero attached hydrogens (tertiary/aromatic N) is 1. The van der Waals surface area contributed by atoms with E-state index in [1.54, 1.807) is 4.68 Å². The Bertz CT molecular complexity index is 396. The molecule has 0 unspecified atom stereocenters. The topological polar surface area (TPSA) is 37.8 Å². The quantitative estimate of drug-likeness (QED) is 0.885. The Hall–Kier alpha value is -0.510. The van der Waals surface area contributed by atoms with Crippen LogP contribution in [0.2, 0.25) is 0 Å². The Balaban J connectivity index is 3.19. The van der Waals surface area contributed by atoms with Crippen LogP contribution >= 0.6 is 15.9 Å². The molecule has 0 aliphatic carbocycles. The molecule has 0 spiro atoms. The van der Waals surface area contributed by atoms with E-state index >= 15 is 0 Å². The van der Waals surface area contributed by atoms with E-state index in [-0.39, 0.29) is 11.0 Å². The minimum absolute atomic E-state index is 0.0358.